The van der Waals surface area contributed by atoms with Gasteiger partial charge in [0.25, 0.3) is 0 Å². The highest BCUT2D eigenvalue weighted by Gasteiger charge is 2.22. The van der Waals surface area contributed by atoms with Gasteiger partial charge in [-0.25, -0.2) is 0 Å². The third-order valence-corrected chi connectivity index (χ3v) is 1.30. The molecule has 0 unspecified atom stereocenters. The molecule has 0 radical (unpaired) electrons. The van der Waals surface area contributed by atoms with Gasteiger partial charge in [0.05, 0.1) is 0 Å². The van der Waals surface area contributed by atoms with Gasteiger partial charge in [-0.3, -0.25) is 0 Å². The van der Waals surface area contributed by atoms with Gasteiger partial charge in [-0.1, -0.05) is 0 Å². The smallest absolute Gasteiger partial charge is 0.409 e. The fraction of sp³-hybridized carbons (Fsp3) is 0.889. The van der Waals surface area contributed by atoms with Crippen LogP contribution in [0.15, 0.2) is 0 Å². The monoisotopic (exact) mass is 186 g/mol. The van der Waals surface area contributed by atoms with E-state index in [0.29, 0.717) is 6.32 Å². The molecule has 0 aromatic rings. The van der Waals surface area contributed by atoms with Crippen LogP contribution >= 0.6 is 0 Å². The summed E-state index contributed by atoms with van der Waals surface area (Å²) < 4.78 is 10.9. The van der Waals surface area contributed by atoms with Crippen LogP contribution in [0.4, 0.5) is 0 Å². The lowest BCUT2D eigenvalue weighted by atomic mass is 9.82. The summed E-state index contributed by atoms with van der Waals surface area (Å²) in [7, 11) is -0.391. The van der Waals surface area contributed by atoms with Crippen molar-refractivity contribution in [3.8, 4) is 0 Å². The molecule has 0 aromatic heterocycles. The van der Waals surface area contributed by atoms with Crippen molar-refractivity contribution in [2.75, 3.05) is 0 Å². The number of carbonyl (C=O) groups is 1. The Bertz CT molecular complexity index is 147. The van der Waals surface area contributed by atoms with Gasteiger partial charge in [-0.15, -0.1) is 0 Å². The number of ketones is 1. The van der Waals surface area contributed by atoms with Crippen LogP contribution in [0.2, 0.25) is 6.32 Å². The Morgan fingerprint density at radius 3 is 1.77 bits per heavy atom. The van der Waals surface area contributed by atoms with E-state index in [4.69, 9.17) is 9.31 Å². The zero-order valence-corrected chi connectivity index (χ0v) is 9.16. The maximum Gasteiger partial charge on any atom is 0.464 e. The molecule has 13 heavy (non-hydrogen) atoms. The normalized spacial score (nSPS) is 11.0. The largest absolute Gasteiger partial charge is 0.464 e. The van der Waals surface area contributed by atoms with Crippen LogP contribution in [0.5, 0.6) is 0 Å². The zero-order chi connectivity index (χ0) is 10.4. The lowest BCUT2D eigenvalue weighted by Gasteiger charge is -2.18. The number of carbonyl (C=O) groups excluding carboxylic acids is 1. The van der Waals surface area contributed by atoms with Gasteiger partial charge in [-0.05, 0) is 34.6 Å². The lowest BCUT2D eigenvalue weighted by molar-refractivity contribution is -0.115. The van der Waals surface area contributed by atoms with E-state index >= 15 is 0 Å². The highest BCUT2D eigenvalue weighted by molar-refractivity contribution is 6.49. The molecule has 0 bridgehead atoms. The van der Waals surface area contributed by atoms with E-state index in [9.17, 15) is 4.79 Å². The molecule has 0 aliphatic heterocycles. The van der Waals surface area contributed by atoms with Crippen LogP contribution in [-0.2, 0) is 14.1 Å². The van der Waals surface area contributed by atoms with Crippen molar-refractivity contribution in [3.63, 3.8) is 0 Å². The average molecular weight is 186 g/mol. The topological polar surface area (TPSA) is 35.5 Å². The summed E-state index contributed by atoms with van der Waals surface area (Å²) in [6.07, 6.45) is 0.502. The van der Waals surface area contributed by atoms with E-state index in [-0.39, 0.29) is 18.0 Å². The molecule has 0 saturated heterocycles. The maximum absolute atomic E-state index is 10.9. The van der Waals surface area contributed by atoms with Crippen LogP contribution < -0.4 is 0 Å². The summed E-state index contributed by atoms with van der Waals surface area (Å²) in [6.45, 7) is 9.25. The highest BCUT2D eigenvalue weighted by atomic mass is 16.6. The first kappa shape index (κ1) is 12.7. The first-order valence-electron chi connectivity index (χ1n) is 4.72. The molecule has 0 aromatic carbocycles. The molecular weight excluding hydrogens is 167 g/mol. The molecule has 0 N–H and O–H groups in total. The minimum Gasteiger partial charge on any atom is -0.409 e. The summed E-state index contributed by atoms with van der Waals surface area (Å²) in [5.74, 6) is 0.0892. The molecule has 3 nitrogen and oxygen atoms in total. The average Bonchev–Trinajstić information content (AvgIpc) is 1.80. The van der Waals surface area contributed by atoms with Crippen LogP contribution in [-0.4, -0.2) is 25.1 Å². The number of rotatable bonds is 6. The fourth-order valence-electron chi connectivity index (χ4n) is 0.970. The maximum atomic E-state index is 10.9. The Morgan fingerprint density at radius 1 is 1.15 bits per heavy atom. The van der Waals surface area contributed by atoms with Gasteiger partial charge in [0, 0.05) is 18.5 Å². The summed E-state index contributed by atoms with van der Waals surface area (Å²) in [6, 6.07) is 0. The Labute approximate surface area is 80.9 Å². The van der Waals surface area contributed by atoms with Crippen LogP contribution in [0.3, 0.4) is 0 Å². The molecule has 0 atom stereocenters. The van der Waals surface area contributed by atoms with Crippen molar-refractivity contribution in [2.24, 2.45) is 0 Å². The molecule has 0 saturated carbocycles. The summed E-state index contributed by atoms with van der Waals surface area (Å²) >= 11 is 0. The molecule has 0 amide bonds. The summed E-state index contributed by atoms with van der Waals surface area (Å²) in [5, 5.41) is 0. The van der Waals surface area contributed by atoms with Crippen molar-refractivity contribution in [1.29, 1.82) is 0 Å². The predicted octanol–water partition coefficient (Wildman–Crippen LogP) is 1.91. The molecule has 76 valence electrons. The first-order chi connectivity index (χ1) is 5.91. The van der Waals surface area contributed by atoms with E-state index in [1.54, 1.807) is 6.92 Å². The molecule has 0 rings (SSSR count). The van der Waals surface area contributed by atoms with Gasteiger partial charge in [-0.2, -0.15) is 0 Å². The fourth-order valence-corrected chi connectivity index (χ4v) is 0.970. The highest BCUT2D eigenvalue weighted by Crippen LogP contribution is 2.05. The van der Waals surface area contributed by atoms with Crippen molar-refractivity contribution in [3.05, 3.63) is 0 Å². The SMILES string of the molecule is CC(=O)CB(OC(C)C)OC(C)C. The number of hydrogen-bond donors (Lipinski definition) is 0. The molecule has 0 spiro atoms. The van der Waals surface area contributed by atoms with Crippen molar-refractivity contribution in [2.45, 2.75) is 53.1 Å². The standard InChI is InChI=1S/C9H19BO3/c1-7(2)12-10(6-9(5)11)13-8(3)4/h7-8H,6H2,1-5H3. The minimum absolute atomic E-state index is 0.0862. The first-order valence-corrected chi connectivity index (χ1v) is 4.72. The third-order valence-electron chi connectivity index (χ3n) is 1.30. The van der Waals surface area contributed by atoms with Crippen molar-refractivity contribution >= 4 is 12.9 Å². The zero-order valence-electron chi connectivity index (χ0n) is 9.16. The summed E-state index contributed by atoms with van der Waals surface area (Å²) in [5.41, 5.74) is 0. The Balaban J connectivity index is 3.95. The molecule has 4 heteroatoms. The number of hydrogen-bond acceptors (Lipinski definition) is 3. The predicted molar refractivity (Wildman–Crippen MR) is 53.7 cm³/mol. The Morgan fingerprint density at radius 2 is 1.54 bits per heavy atom. The lowest BCUT2D eigenvalue weighted by Crippen LogP contribution is -2.31. The van der Waals surface area contributed by atoms with E-state index in [2.05, 4.69) is 0 Å². The second-order valence-corrected chi connectivity index (χ2v) is 3.71. The van der Waals surface area contributed by atoms with E-state index in [0.717, 1.165) is 0 Å². The second kappa shape index (κ2) is 6.16. The molecule has 0 aliphatic carbocycles. The third kappa shape index (κ3) is 8.00. The van der Waals surface area contributed by atoms with Gasteiger partial charge in [0.1, 0.15) is 5.78 Å². The van der Waals surface area contributed by atoms with Crippen molar-refractivity contribution in [1.82, 2.24) is 0 Å². The van der Waals surface area contributed by atoms with Gasteiger partial charge >= 0.3 is 7.12 Å². The van der Waals surface area contributed by atoms with Crippen LogP contribution in [0.1, 0.15) is 34.6 Å². The summed E-state index contributed by atoms with van der Waals surface area (Å²) in [4.78, 5) is 10.9. The van der Waals surface area contributed by atoms with Gasteiger partial charge in [0.15, 0.2) is 0 Å². The van der Waals surface area contributed by atoms with Crippen LogP contribution in [0, 0.1) is 0 Å². The van der Waals surface area contributed by atoms with E-state index in [1.807, 2.05) is 27.7 Å². The minimum atomic E-state index is -0.391. The quantitative estimate of drug-likeness (QED) is 0.594. The Hall–Kier alpha value is -0.345. The second-order valence-electron chi connectivity index (χ2n) is 3.71. The van der Waals surface area contributed by atoms with Gasteiger partial charge < -0.3 is 14.1 Å². The molecule has 0 fully saturated rings. The Kier molecular flexibility index (Phi) is 6.00. The van der Waals surface area contributed by atoms with Crippen LogP contribution in [0.25, 0.3) is 0 Å². The molecule has 0 aliphatic rings. The van der Waals surface area contributed by atoms with Crippen molar-refractivity contribution < 1.29 is 14.1 Å². The number of Topliss-reactive ketones (excluding diaryl/α,β-unsaturated/α-hetero) is 1. The molecule has 0 heterocycles. The van der Waals surface area contributed by atoms with E-state index < -0.39 is 7.12 Å². The van der Waals surface area contributed by atoms with E-state index in [1.165, 1.54) is 0 Å². The molecular formula is C9H19BO3. The van der Waals surface area contributed by atoms with Gasteiger partial charge in [0.2, 0.25) is 0 Å².